The Hall–Kier alpha value is -5.84. The molecule has 0 radical (unpaired) electrons. The zero-order chi connectivity index (χ0) is 81.7. The third-order valence-corrected chi connectivity index (χ3v) is 19.3. The van der Waals surface area contributed by atoms with Gasteiger partial charge < -0.3 is 33.8 Å². The molecular formula is C93H152O17P2. The van der Waals surface area contributed by atoms with Crippen molar-refractivity contribution in [2.24, 2.45) is 0 Å². The molecule has 0 aromatic carbocycles. The molecule has 2 unspecified atom stereocenters. The summed E-state index contributed by atoms with van der Waals surface area (Å²) >= 11 is 0. The van der Waals surface area contributed by atoms with Gasteiger partial charge in [0.2, 0.25) is 0 Å². The highest BCUT2D eigenvalue weighted by atomic mass is 31.2. The van der Waals surface area contributed by atoms with Crippen molar-refractivity contribution in [1.82, 2.24) is 0 Å². The lowest BCUT2D eigenvalue weighted by atomic mass is 10.0. The lowest BCUT2D eigenvalue weighted by molar-refractivity contribution is -0.161. The molecule has 0 rings (SSSR count). The Morgan fingerprint density at radius 2 is 0.482 bits per heavy atom. The van der Waals surface area contributed by atoms with E-state index in [1.54, 1.807) is 0 Å². The highest BCUT2D eigenvalue weighted by molar-refractivity contribution is 7.47. The van der Waals surface area contributed by atoms with Crippen molar-refractivity contribution in [2.45, 2.75) is 341 Å². The molecule has 0 saturated heterocycles. The number of carbonyl (C=O) groups is 4. The zero-order valence-electron chi connectivity index (χ0n) is 69.8. The van der Waals surface area contributed by atoms with Crippen LogP contribution in [-0.4, -0.2) is 96.7 Å². The van der Waals surface area contributed by atoms with E-state index in [0.29, 0.717) is 38.5 Å². The lowest BCUT2D eigenvalue weighted by Gasteiger charge is -2.21. The summed E-state index contributed by atoms with van der Waals surface area (Å²) < 4.78 is 68.6. The number of hydrogen-bond donors (Lipinski definition) is 3. The number of aliphatic hydroxyl groups is 1. The maximum Gasteiger partial charge on any atom is 0.472 e. The summed E-state index contributed by atoms with van der Waals surface area (Å²) in [6.45, 7) is 4.51. The minimum absolute atomic E-state index is 0.0159. The molecule has 0 bridgehead atoms. The van der Waals surface area contributed by atoms with E-state index in [4.69, 9.17) is 37.0 Å². The molecule has 0 aromatic heterocycles. The molecule has 0 spiro atoms. The van der Waals surface area contributed by atoms with Crippen LogP contribution in [0.1, 0.15) is 323 Å². The first-order valence-corrected chi connectivity index (χ1v) is 46.0. The topological polar surface area (TPSA) is 237 Å². The van der Waals surface area contributed by atoms with Crippen molar-refractivity contribution >= 4 is 39.5 Å². The fourth-order valence-electron chi connectivity index (χ4n) is 10.9. The molecule has 19 heteroatoms. The molecule has 0 amide bonds. The van der Waals surface area contributed by atoms with E-state index >= 15 is 0 Å². The van der Waals surface area contributed by atoms with Crippen LogP contribution in [0.15, 0.2) is 182 Å². The summed E-state index contributed by atoms with van der Waals surface area (Å²) in [5.41, 5.74) is 0. The van der Waals surface area contributed by atoms with Crippen LogP contribution < -0.4 is 0 Å². The van der Waals surface area contributed by atoms with Crippen LogP contribution in [0.2, 0.25) is 0 Å². The normalized spacial score (nSPS) is 14.7. The Morgan fingerprint density at radius 3 is 0.804 bits per heavy atom. The number of rotatable bonds is 79. The van der Waals surface area contributed by atoms with Crippen LogP contribution in [-0.2, 0) is 65.4 Å². The second kappa shape index (κ2) is 83.1. The molecule has 0 fully saturated rings. The van der Waals surface area contributed by atoms with Gasteiger partial charge in [-0.05, 0) is 148 Å². The van der Waals surface area contributed by atoms with Crippen molar-refractivity contribution in [2.75, 3.05) is 39.6 Å². The van der Waals surface area contributed by atoms with Gasteiger partial charge in [-0.1, -0.05) is 332 Å². The quantitative estimate of drug-likeness (QED) is 0.0169. The lowest BCUT2D eigenvalue weighted by Crippen LogP contribution is -2.30. The SMILES string of the molecule is CC/C=C\C/C=C\C/C=C\C/C=C\C/C=C\CCCCCC(=O)OC[C@H](COP(=O)(O)OC[C@@H](O)COP(=O)(O)OC[C@@H](COC(=O)CC/C=C\C/C=C\C/C=C\C/C=C\C/C=C\CCCCC)OC(=O)CC/C=C\C/C=C\C/C=C\C/C=C\C/C=C\CCCCC)OC(=O)CCCCCCCCCCCCCCCCC. The fraction of sp³-hybridized carbons (Fsp3) is 0.634. The van der Waals surface area contributed by atoms with Crippen molar-refractivity contribution < 1.29 is 80.2 Å². The summed E-state index contributed by atoms with van der Waals surface area (Å²) in [6, 6.07) is 0. The standard InChI is InChI=1S/C93H152O17P2/c1-5-9-13-17-21-25-29-33-37-40-43-46-50-53-57-61-65-69-73-77-90(95)103-83-88(109-92(97)79-75-71-67-63-59-55-49-36-32-28-24-20-16-12-8-4)85-107-111(99,100)105-81-87(94)82-106-112(101,102)108-86-89(110-93(98)80-76-72-68-64-60-56-52-48-45-42-39-35-31-27-23-19-15-11-7-3)84-104-91(96)78-74-70-66-62-58-54-51-47-44-41-38-34-30-26-22-18-14-10-6-2/h9,13,21-23,25-27,33-35,37-39,43-48,53-54,56-58,60,66,68,70,72,87-89,94H,5-8,10-12,14-20,24,28-32,36,40-42,49-52,55,59,61-65,67,69,71,73-86H2,1-4H3,(H,99,100)(H,101,102)/b13-9-,25-21-,26-22-,27-23-,37-33-,38-34-,39-35-,46-43-,47-44-,48-45-,57-53-,58-54-,60-56-,70-66-,72-68-/t87-,88-,89-/m1/s1. The number of esters is 4. The summed E-state index contributed by atoms with van der Waals surface area (Å²) in [5, 5.41) is 10.7. The zero-order valence-corrected chi connectivity index (χ0v) is 71.6. The highest BCUT2D eigenvalue weighted by Crippen LogP contribution is 2.45. The predicted molar refractivity (Wildman–Crippen MR) is 463 cm³/mol. The number of allylic oxidation sites excluding steroid dienone is 30. The molecule has 112 heavy (non-hydrogen) atoms. The number of ether oxygens (including phenoxy) is 4. The number of hydrogen-bond acceptors (Lipinski definition) is 15. The smallest absolute Gasteiger partial charge is 0.462 e. The van der Waals surface area contributed by atoms with Gasteiger partial charge in [0.15, 0.2) is 12.2 Å². The van der Waals surface area contributed by atoms with E-state index in [0.717, 1.165) is 128 Å². The Labute approximate surface area is 679 Å². The van der Waals surface area contributed by atoms with Crippen LogP contribution in [0.3, 0.4) is 0 Å². The van der Waals surface area contributed by atoms with E-state index in [1.807, 2.05) is 36.5 Å². The fourth-order valence-corrected chi connectivity index (χ4v) is 12.4. The summed E-state index contributed by atoms with van der Waals surface area (Å²) in [7, 11) is -10.0. The highest BCUT2D eigenvalue weighted by Gasteiger charge is 2.30. The van der Waals surface area contributed by atoms with Crippen molar-refractivity contribution in [1.29, 1.82) is 0 Å². The van der Waals surface area contributed by atoms with Gasteiger partial charge in [0.1, 0.15) is 19.3 Å². The molecule has 5 atom stereocenters. The first kappa shape index (κ1) is 106. The minimum atomic E-state index is -5.03. The predicted octanol–water partition coefficient (Wildman–Crippen LogP) is 25.9. The molecular weight excluding hydrogens is 1450 g/mol. The minimum Gasteiger partial charge on any atom is -0.462 e. The van der Waals surface area contributed by atoms with Crippen LogP contribution in [0.5, 0.6) is 0 Å². The van der Waals surface area contributed by atoms with Crippen LogP contribution >= 0.6 is 15.6 Å². The molecule has 0 aliphatic heterocycles. The maximum atomic E-state index is 13.1. The van der Waals surface area contributed by atoms with Crippen molar-refractivity contribution in [3.05, 3.63) is 182 Å². The van der Waals surface area contributed by atoms with Crippen molar-refractivity contribution in [3.63, 3.8) is 0 Å². The molecule has 0 aliphatic carbocycles. The second-order valence-corrected chi connectivity index (χ2v) is 30.9. The van der Waals surface area contributed by atoms with E-state index in [-0.39, 0.29) is 25.7 Å². The van der Waals surface area contributed by atoms with E-state index in [9.17, 15) is 43.2 Å². The Balaban J connectivity index is 5.55. The third kappa shape index (κ3) is 82.2. The van der Waals surface area contributed by atoms with Crippen LogP contribution in [0.25, 0.3) is 0 Å². The number of aliphatic hydroxyl groups excluding tert-OH is 1. The molecule has 0 aromatic rings. The van der Waals surface area contributed by atoms with Gasteiger partial charge in [-0.2, -0.15) is 0 Å². The van der Waals surface area contributed by atoms with Crippen molar-refractivity contribution in [3.8, 4) is 0 Å². The summed E-state index contributed by atoms with van der Waals surface area (Å²) in [4.78, 5) is 73.2. The maximum absolute atomic E-state index is 13.1. The Kier molecular flexibility index (Phi) is 78.8. The average molecular weight is 1600 g/mol. The van der Waals surface area contributed by atoms with E-state index in [2.05, 4.69) is 174 Å². The number of phosphoric ester groups is 2. The van der Waals surface area contributed by atoms with Gasteiger partial charge >= 0.3 is 39.5 Å². The Morgan fingerprint density at radius 1 is 0.259 bits per heavy atom. The summed E-state index contributed by atoms with van der Waals surface area (Å²) in [5.74, 6) is -2.41. The first-order chi connectivity index (χ1) is 54.7. The molecule has 3 N–H and O–H groups in total. The van der Waals surface area contributed by atoms with Gasteiger partial charge in [-0.15, -0.1) is 0 Å². The van der Waals surface area contributed by atoms with Gasteiger partial charge in [-0.25, -0.2) is 9.13 Å². The third-order valence-electron chi connectivity index (χ3n) is 17.4. The van der Waals surface area contributed by atoms with Gasteiger partial charge in [0, 0.05) is 25.7 Å². The van der Waals surface area contributed by atoms with Crippen LogP contribution in [0.4, 0.5) is 0 Å². The van der Waals surface area contributed by atoms with Gasteiger partial charge in [0.05, 0.1) is 26.4 Å². The molecule has 636 valence electrons. The number of carbonyl (C=O) groups excluding carboxylic acids is 4. The first-order valence-electron chi connectivity index (χ1n) is 43.0. The van der Waals surface area contributed by atoms with Crippen LogP contribution in [0, 0.1) is 0 Å². The average Bonchev–Trinajstić information content (AvgIpc) is 0.898. The summed E-state index contributed by atoms with van der Waals surface area (Å²) in [6.07, 6.45) is 102. The molecule has 0 saturated carbocycles. The largest absolute Gasteiger partial charge is 0.472 e. The number of phosphoric acid groups is 2. The Bertz CT molecular complexity index is 2840. The molecule has 17 nitrogen and oxygen atoms in total. The number of unbranched alkanes of at least 4 members (excludes halogenated alkanes) is 23. The second-order valence-electron chi connectivity index (χ2n) is 28.0. The van der Waals surface area contributed by atoms with E-state index < -0.39 is 97.5 Å². The van der Waals surface area contributed by atoms with E-state index in [1.165, 1.54) is 103 Å². The van der Waals surface area contributed by atoms with Gasteiger partial charge in [0.25, 0.3) is 0 Å². The molecule has 0 heterocycles. The monoisotopic (exact) mass is 1600 g/mol. The van der Waals surface area contributed by atoms with Gasteiger partial charge in [-0.3, -0.25) is 37.3 Å². The molecule has 0 aliphatic rings.